The second kappa shape index (κ2) is 9.98. The largest absolute Gasteiger partial charge is 0.478 e. The molecule has 2 aromatic rings. The molecular weight excluding hydrogens is 434 g/mol. The van der Waals surface area contributed by atoms with Gasteiger partial charge in [0.2, 0.25) is 11.7 Å². The van der Waals surface area contributed by atoms with Crippen LogP contribution in [-0.4, -0.2) is 91.8 Å². The van der Waals surface area contributed by atoms with Gasteiger partial charge < -0.3 is 35.4 Å². The van der Waals surface area contributed by atoms with Crippen LogP contribution in [0.3, 0.4) is 0 Å². The Hall–Kier alpha value is -3.48. The number of aromatic nitrogens is 3. The maximum atomic E-state index is 11.5. The molecule has 0 spiro atoms. The van der Waals surface area contributed by atoms with Gasteiger partial charge in [-0.2, -0.15) is 0 Å². The van der Waals surface area contributed by atoms with E-state index in [0.29, 0.717) is 5.69 Å². The Kier molecular flexibility index (Phi) is 7.31. The Balaban J connectivity index is 1.73. The second-order valence-electron chi connectivity index (χ2n) is 7.96. The van der Waals surface area contributed by atoms with Crippen LogP contribution in [0.2, 0.25) is 0 Å². The zero-order chi connectivity index (χ0) is 24.3. The first-order valence-corrected chi connectivity index (χ1v) is 10.2. The second-order valence-corrected chi connectivity index (χ2v) is 7.96. The quantitative estimate of drug-likeness (QED) is 0.327. The van der Waals surface area contributed by atoms with E-state index in [1.165, 1.54) is 11.6 Å². The molecule has 3 rings (SSSR count). The summed E-state index contributed by atoms with van der Waals surface area (Å²) in [6.45, 7) is 1.00. The number of nitrogens with zero attached hydrogens (tertiary/aromatic N) is 4. The predicted octanol–water partition coefficient (Wildman–Crippen LogP) is -1.03. The standard InChI is InChI=1S/C21H27N5O7/c1-11(27)22-18-15(28)8-17(21(31)32)33-20(18)19(30)16(29)10-26-9-14(23-24-26)12-4-6-13(7-5-12)25(2)3/h4-9,15-16,18-20,28-30H,10H2,1-3H3,(H,22,27)(H,31,32)/t15-,16+,18+,19+,20+/m0/s1. The number of ether oxygens (including phenoxy) is 1. The van der Waals surface area contributed by atoms with E-state index in [4.69, 9.17) is 4.74 Å². The number of carboxylic acids is 1. The molecule has 1 aromatic carbocycles. The number of aliphatic hydroxyl groups excluding tert-OH is 3. The van der Waals surface area contributed by atoms with Crippen molar-refractivity contribution >= 4 is 17.6 Å². The molecule has 0 radical (unpaired) electrons. The van der Waals surface area contributed by atoms with Crippen LogP contribution in [0.4, 0.5) is 5.69 Å². The van der Waals surface area contributed by atoms with Gasteiger partial charge in [-0.25, -0.2) is 9.48 Å². The van der Waals surface area contributed by atoms with E-state index in [-0.39, 0.29) is 6.54 Å². The number of benzene rings is 1. The van der Waals surface area contributed by atoms with Crippen LogP contribution in [0.25, 0.3) is 11.3 Å². The fourth-order valence-electron chi connectivity index (χ4n) is 3.49. The highest BCUT2D eigenvalue weighted by Gasteiger charge is 2.43. The van der Waals surface area contributed by atoms with Gasteiger partial charge in [0.05, 0.1) is 18.8 Å². The molecule has 33 heavy (non-hydrogen) atoms. The lowest BCUT2D eigenvalue weighted by molar-refractivity contribution is -0.148. The molecule has 1 amide bonds. The summed E-state index contributed by atoms with van der Waals surface area (Å²) >= 11 is 0. The maximum Gasteiger partial charge on any atom is 0.370 e. The Bertz CT molecular complexity index is 1020. The van der Waals surface area contributed by atoms with Gasteiger partial charge in [-0.05, 0) is 18.2 Å². The lowest BCUT2D eigenvalue weighted by atomic mass is 9.93. The Morgan fingerprint density at radius 1 is 1.24 bits per heavy atom. The van der Waals surface area contributed by atoms with Crippen molar-refractivity contribution in [3.8, 4) is 11.3 Å². The minimum Gasteiger partial charge on any atom is -0.478 e. The summed E-state index contributed by atoms with van der Waals surface area (Å²) in [6, 6.07) is 6.44. The number of nitrogens with one attached hydrogen (secondary N) is 1. The summed E-state index contributed by atoms with van der Waals surface area (Å²) in [7, 11) is 3.86. The summed E-state index contributed by atoms with van der Waals surface area (Å²) < 4.78 is 6.61. The van der Waals surface area contributed by atoms with Gasteiger partial charge in [-0.15, -0.1) is 5.10 Å². The van der Waals surface area contributed by atoms with E-state index >= 15 is 0 Å². The van der Waals surface area contributed by atoms with Crippen molar-refractivity contribution < 1.29 is 34.8 Å². The van der Waals surface area contributed by atoms with Crippen LogP contribution in [-0.2, 0) is 20.9 Å². The normalized spacial score (nSPS) is 22.0. The number of hydrogen-bond donors (Lipinski definition) is 5. The third-order valence-corrected chi connectivity index (χ3v) is 5.21. The molecule has 0 aliphatic carbocycles. The third kappa shape index (κ3) is 5.66. The molecule has 2 heterocycles. The molecule has 12 heteroatoms. The van der Waals surface area contributed by atoms with Gasteiger partial charge in [0.25, 0.3) is 0 Å². The molecular formula is C21H27N5O7. The lowest BCUT2D eigenvalue weighted by Gasteiger charge is -2.38. The Morgan fingerprint density at radius 3 is 2.48 bits per heavy atom. The van der Waals surface area contributed by atoms with E-state index in [1.807, 2.05) is 43.3 Å². The highest BCUT2D eigenvalue weighted by molar-refractivity contribution is 5.84. The summed E-state index contributed by atoms with van der Waals surface area (Å²) in [5.41, 5.74) is 2.38. The van der Waals surface area contributed by atoms with Crippen LogP contribution >= 0.6 is 0 Å². The van der Waals surface area contributed by atoms with Gasteiger partial charge in [-0.3, -0.25) is 4.79 Å². The first-order valence-electron chi connectivity index (χ1n) is 10.2. The number of carbonyl (C=O) groups excluding carboxylic acids is 1. The van der Waals surface area contributed by atoms with E-state index in [9.17, 15) is 30.0 Å². The first-order chi connectivity index (χ1) is 15.6. The SMILES string of the molecule is CC(=O)N[C@H]1[C@H]([C@H](O)[C@H](O)Cn2cc(-c3ccc(N(C)C)cc3)nn2)OC(C(=O)O)=C[C@@H]1O. The molecule has 12 nitrogen and oxygen atoms in total. The van der Waals surface area contributed by atoms with Crippen molar-refractivity contribution in [3.63, 3.8) is 0 Å². The summed E-state index contributed by atoms with van der Waals surface area (Å²) in [6.07, 6.45) is -3.49. The summed E-state index contributed by atoms with van der Waals surface area (Å²) in [4.78, 5) is 24.8. The average molecular weight is 461 g/mol. The summed E-state index contributed by atoms with van der Waals surface area (Å²) in [5, 5.41) is 51.2. The van der Waals surface area contributed by atoms with Crippen molar-refractivity contribution in [1.82, 2.24) is 20.3 Å². The smallest absolute Gasteiger partial charge is 0.370 e. The number of rotatable bonds is 8. The van der Waals surface area contributed by atoms with Gasteiger partial charge in [0.15, 0.2) is 6.10 Å². The summed E-state index contributed by atoms with van der Waals surface area (Å²) in [5.74, 6) is -2.57. The molecule has 0 unspecified atom stereocenters. The average Bonchev–Trinajstić information content (AvgIpc) is 3.22. The molecule has 178 valence electrons. The van der Waals surface area contributed by atoms with Crippen molar-refractivity contribution in [2.45, 2.75) is 43.9 Å². The van der Waals surface area contributed by atoms with Crippen molar-refractivity contribution in [1.29, 1.82) is 0 Å². The molecule has 5 N–H and O–H groups in total. The lowest BCUT2D eigenvalue weighted by Crippen LogP contribution is -2.59. The number of amides is 1. The molecule has 0 bridgehead atoms. The van der Waals surface area contributed by atoms with Gasteiger partial charge >= 0.3 is 5.97 Å². The minimum atomic E-state index is -1.66. The van der Waals surface area contributed by atoms with Crippen LogP contribution in [0, 0.1) is 0 Å². The monoisotopic (exact) mass is 461 g/mol. The Labute approximate surface area is 189 Å². The minimum absolute atomic E-state index is 0.196. The molecule has 1 aliphatic heterocycles. The molecule has 0 saturated carbocycles. The third-order valence-electron chi connectivity index (χ3n) is 5.21. The highest BCUT2D eigenvalue weighted by Crippen LogP contribution is 2.24. The number of carbonyl (C=O) groups is 2. The molecule has 5 atom stereocenters. The van der Waals surface area contributed by atoms with E-state index in [1.54, 1.807) is 6.20 Å². The van der Waals surface area contributed by atoms with Gasteiger partial charge in [0.1, 0.15) is 24.0 Å². The topological polar surface area (TPSA) is 170 Å². The number of aliphatic carboxylic acids is 1. The van der Waals surface area contributed by atoms with Crippen LogP contribution in [0.5, 0.6) is 0 Å². The number of hydrogen-bond acceptors (Lipinski definition) is 9. The molecule has 1 aliphatic rings. The van der Waals surface area contributed by atoms with Crippen LogP contribution in [0.1, 0.15) is 6.92 Å². The van der Waals surface area contributed by atoms with Crippen LogP contribution in [0.15, 0.2) is 42.3 Å². The number of aliphatic hydroxyl groups is 3. The van der Waals surface area contributed by atoms with E-state index < -0.39 is 48.1 Å². The fraction of sp³-hybridized carbons (Fsp3) is 0.429. The van der Waals surface area contributed by atoms with Crippen molar-refractivity contribution in [2.75, 3.05) is 19.0 Å². The Morgan fingerprint density at radius 2 is 1.91 bits per heavy atom. The zero-order valence-corrected chi connectivity index (χ0v) is 18.4. The van der Waals surface area contributed by atoms with E-state index in [2.05, 4.69) is 15.6 Å². The number of anilines is 1. The van der Waals surface area contributed by atoms with Gasteiger partial charge in [-0.1, -0.05) is 17.3 Å². The predicted molar refractivity (Wildman–Crippen MR) is 116 cm³/mol. The van der Waals surface area contributed by atoms with Crippen molar-refractivity contribution in [3.05, 3.63) is 42.3 Å². The van der Waals surface area contributed by atoms with Crippen molar-refractivity contribution in [2.24, 2.45) is 0 Å². The molecule has 1 aromatic heterocycles. The van der Waals surface area contributed by atoms with Crippen LogP contribution < -0.4 is 10.2 Å². The molecule has 0 fully saturated rings. The first kappa shape index (κ1) is 24.2. The van der Waals surface area contributed by atoms with E-state index in [0.717, 1.165) is 17.3 Å². The zero-order valence-electron chi connectivity index (χ0n) is 18.4. The molecule has 0 saturated heterocycles. The highest BCUT2D eigenvalue weighted by atomic mass is 16.5. The maximum absolute atomic E-state index is 11.5. The fourth-order valence-corrected chi connectivity index (χ4v) is 3.49. The number of carboxylic acid groups (broad SMARTS) is 1. The van der Waals surface area contributed by atoms with Gasteiger partial charge in [0, 0.05) is 32.3 Å².